The van der Waals surface area contributed by atoms with Crippen LogP contribution in [0.4, 0.5) is 11.9 Å². The summed E-state index contributed by atoms with van der Waals surface area (Å²) in [5.74, 6) is 1.79. The molecule has 6 rings (SSSR count). The van der Waals surface area contributed by atoms with Crippen molar-refractivity contribution < 1.29 is 0 Å². The van der Waals surface area contributed by atoms with Crippen molar-refractivity contribution in [3.05, 3.63) is 109 Å². The molecule has 156 valence electrons. The number of aromatic nitrogens is 4. The molecule has 0 N–H and O–H groups in total. The summed E-state index contributed by atoms with van der Waals surface area (Å²) in [7, 11) is 4.09. The minimum atomic E-state index is 0.894. The van der Waals surface area contributed by atoms with Crippen molar-refractivity contribution in [1.29, 1.82) is 0 Å². The number of nitrogens with zero attached hydrogens (tertiary/aromatic N) is 6. The van der Waals surface area contributed by atoms with Crippen LogP contribution in [0.3, 0.4) is 0 Å². The highest BCUT2D eigenvalue weighted by atomic mass is 15.3. The predicted molar refractivity (Wildman–Crippen MR) is 130 cm³/mol. The summed E-state index contributed by atoms with van der Waals surface area (Å²) >= 11 is 0. The molecule has 0 spiro atoms. The van der Waals surface area contributed by atoms with Crippen LogP contribution < -0.4 is 9.80 Å². The Morgan fingerprint density at radius 3 is 1.28 bits per heavy atom. The first kappa shape index (κ1) is 18.4. The van der Waals surface area contributed by atoms with E-state index >= 15 is 0 Å². The first-order valence-electron chi connectivity index (χ1n) is 10.6. The van der Waals surface area contributed by atoms with E-state index in [1.165, 1.54) is 0 Å². The summed E-state index contributed by atoms with van der Waals surface area (Å²) in [4.78, 5) is 13.6. The van der Waals surface area contributed by atoms with Crippen molar-refractivity contribution in [2.45, 2.75) is 0 Å². The van der Waals surface area contributed by atoms with E-state index in [0.717, 1.165) is 45.1 Å². The zero-order chi connectivity index (χ0) is 21.7. The maximum absolute atomic E-state index is 4.77. The Labute approximate surface area is 186 Å². The molecule has 2 aromatic carbocycles. The van der Waals surface area contributed by atoms with Crippen molar-refractivity contribution in [2.24, 2.45) is 14.1 Å². The lowest BCUT2D eigenvalue weighted by molar-refractivity contribution is 0.917. The van der Waals surface area contributed by atoms with Gasteiger partial charge in [-0.25, -0.2) is 9.97 Å². The quantitative estimate of drug-likeness (QED) is 0.451. The zero-order valence-electron chi connectivity index (χ0n) is 17.9. The maximum Gasteiger partial charge on any atom is 0.214 e. The number of anilines is 2. The summed E-state index contributed by atoms with van der Waals surface area (Å²) in [6, 6.07) is 16.4. The van der Waals surface area contributed by atoms with Gasteiger partial charge in [-0.1, -0.05) is 24.3 Å². The van der Waals surface area contributed by atoms with Gasteiger partial charge in [-0.2, -0.15) is 0 Å². The van der Waals surface area contributed by atoms with Gasteiger partial charge in [-0.15, -0.1) is 0 Å². The second-order valence-electron chi connectivity index (χ2n) is 7.91. The fourth-order valence-electron chi connectivity index (χ4n) is 4.23. The van der Waals surface area contributed by atoms with Gasteiger partial charge in [-0.3, -0.25) is 9.80 Å². The van der Waals surface area contributed by atoms with E-state index < -0.39 is 0 Å². The average Bonchev–Trinajstić information content (AvgIpc) is 3.37. The maximum atomic E-state index is 4.77. The molecule has 0 fully saturated rings. The number of fused-ring (bicyclic) bond motifs is 2. The Hall–Kier alpha value is -4.32. The molecule has 0 saturated heterocycles. The number of benzene rings is 2. The summed E-state index contributed by atoms with van der Waals surface area (Å²) in [6.07, 6.45) is 16.7. The predicted octanol–water partition coefficient (Wildman–Crippen LogP) is 5.15. The van der Waals surface area contributed by atoms with Crippen LogP contribution in [0.25, 0.3) is 22.1 Å². The highest BCUT2D eigenvalue weighted by Crippen LogP contribution is 2.27. The van der Waals surface area contributed by atoms with Gasteiger partial charge in [0.1, 0.15) is 0 Å². The van der Waals surface area contributed by atoms with Gasteiger partial charge in [0.2, 0.25) is 11.9 Å². The number of para-hydroxylation sites is 4. The number of imidazole rings is 2. The van der Waals surface area contributed by atoms with E-state index in [1.807, 2.05) is 60.3 Å². The number of aryl methyl sites for hydroxylation is 2. The first-order valence-corrected chi connectivity index (χ1v) is 10.6. The van der Waals surface area contributed by atoms with E-state index in [4.69, 9.17) is 9.97 Å². The Bertz CT molecular complexity index is 1360. The van der Waals surface area contributed by atoms with Gasteiger partial charge < -0.3 is 9.13 Å². The Balaban J connectivity index is 1.25. The SMILES string of the molecule is Cn1c(N2C=CC(=C3C=CN(c4nc5ccccc5n4C)C=C3)C=C2)nc2ccccc21. The lowest BCUT2D eigenvalue weighted by Crippen LogP contribution is -2.16. The number of allylic oxidation sites excluding steroid dienone is 6. The summed E-state index contributed by atoms with van der Waals surface area (Å²) in [6.45, 7) is 0. The average molecular weight is 419 g/mol. The summed E-state index contributed by atoms with van der Waals surface area (Å²) < 4.78 is 4.22. The van der Waals surface area contributed by atoms with E-state index in [2.05, 4.69) is 70.4 Å². The molecule has 0 saturated carbocycles. The molecule has 0 unspecified atom stereocenters. The molecule has 6 heteroatoms. The molecule has 2 aromatic heterocycles. The normalized spacial score (nSPS) is 15.7. The van der Waals surface area contributed by atoms with E-state index in [9.17, 15) is 0 Å². The molecule has 32 heavy (non-hydrogen) atoms. The molecule has 2 aliphatic heterocycles. The molecule has 4 aromatic rings. The van der Waals surface area contributed by atoms with Crippen molar-refractivity contribution in [2.75, 3.05) is 9.80 Å². The van der Waals surface area contributed by atoms with Crippen LogP contribution in [0.15, 0.2) is 109 Å². The van der Waals surface area contributed by atoms with Crippen LogP contribution >= 0.6 is 0 Å². The van der Waals surface area contributed by atoms with Crippen molar-refractivity contribution in [3.8, 4) is 0 Å². The van der Waals surface area contributed by atoms with Gasteiger partial charge in [0.25, 0.3) is 0 Å². The van der Waals surface area contributed by atoms with Crippen LogP contribution in [0.2, 0.25) is 0 Å². The van der Waals surface area contributed by atoms with Gasteiger partial charge in [0.15, 0.2) is 0 Å². The highest BCUT2D eigenvalue weighted by molar-refractivity contribution is 5.80. The topological polar surface area (TPSA) is 42.1 Å². The fourth-order valence-corrected chi connectivity index (χ4v) is 4.23. The Kier molecular flexibility index (Phi) is 4.11. The van der Waals surface area contributed by atoms with E-state index in [-0.39, 0.29) is 0 Å². The molecule has 0 radical (unpaired) electrons. The van der Waals surface area contributed by atoms with Crippen molar-refractivity contribution >= 4 is 34.0 Å². The highest BCUT2D eigenvalue weighted by Gasteiger charge is 2.16. The molecule has 0 amide bonds. The third-order valence-electron chi connectivity index (χ3n) is 5.98. The second-order valence-corrected chi connectivity index (χ2v) is 7.91. The van der Waals surface area contributed by atoms with E-state index in [0.29, 0.717) is 0 Å². The monoisotopic (exact) mass is 418 g/mol. The lowest BCUT2D eigenvalue weighted by Gasteiger charge is -2.21. The first-order chi connectivity index (χ1) is 15.7. The minimum absolute atomic E-state index is 0.894. The van der Waals surface area contributed by atoms with Crippen LogP contribution in [-0.2, 0) is 14.1 Å². The van der Waals surface area contributed by atoms with Crippen LogP contribution in [0, 0.1) is 0 Å². The van der Waals surface area contributed by atoms with Crippen LogP contribution in [0.1, 0.15) is 0 Å². The van der Waals surface area contributed by atoms with Crippen molar-refractivity contribution in [1.82, 2.24) is 19.1 Å². The molecule has 6 nitrogen and oxygen atoms in total. The smallest absolute Gasteiger partial charge is 0.214 e. The van der Waals surface area contributed by atoms with Gasteiger partial charge >= 0.3 is 0 Å². The Morgan fingerprint density at radius 2 is 0.906 bits per heavy atom. The lowest BCUT2D eigenvalue weighted by atomic mass is 10.1. The molecule has 0 aliphatic carbocycles. The van der Waals surface area contributed by atoms with Crippen LogP contribution in [0.5, 0.6) is 0 Å². The second kappa shape index (κ2) is 7.13. The number of rotatable bonds is 2. The molecule has 2 aliphatic rings. The zero-order valence-corrected chi connectivity index (χ0v) is 17.9. The number of hydrogen-bond acceptors (Lipinski definition) is 4. The molecule has 0 bridgehead atoms. The molecular weight excluding hydrogens is 396 g/mol. The summed E-state index contributed by atoms with van der Waals surface area (Å²) in [5.41, 5.74) is 6.53. The summed E-state index contributed by atoms with van der Waals surface area (Å²) in [5, 5.41) is 0. The largest absolute Gasteiger partial charge is 0.313 e. The van der Waals surface area contributed by atoms with Gasteiger partial charge in [-0.05, 0) is 59.7 Å². The van der Waals surface area contributed by atoms with Crippen LogP contribution in [-0.4, -0.2) is 19.1 Å². The fraction of sp³-hybridized carbons (Fsp3) is 0.0769. The third kappa shape index (κ3) is 2.88. The minimum Gasteiger partial charge on any atom is -0.313 e. The van der Waals surface area contributed by atoms with Gasteiger partial charge in [0, 0.05) is 38.9 Å². The molecular formula is C26H22N6. The molecule has 4 heterocycles. The standard InChI is InChI=1S/C26H22N6/c1-29-23-9-5-3-7-21(23)27-25(29)31-15-11-19(12-16-31)20-13-17-32(18-14-20)26-28-22-8-4-6-10-24(22)30(26)2/h3-18H,1-2H3. The third-order valence-corrected chi connectivity index (χ3v) is 5.98. The van der Waals surface area contributed by atoms with E-state index in [1.54, 1.807) is 0 Å². The Morgan fingerprint density at radius 1 is 0.531 bits per heavy atom. The van der Waals surface area contributed by atoms with Crippen molar-refractivity contribution in [3.63, 3.8) is 0 Å². The number of hydrogen-bond donors (Lipinski definition) is 0. The molecule has 0 atom stereocenters. The van der Waals surface area contributed by atoms with Gasteiger partial charge in [0.05, 0.1) is 22.1 Å².